The predicted molar refractivity (Wildman–Crippen MR) is 97.1 cm³/mol. The average Bonchev–Trinajstić information content (AvgIpc) is 3.17. The standard InChI is InChI=1S/C17H23N3O2S2/c1-12-13(2)18-19-17(12)15-9-10-16(23-15)24(21,22)20(3)11-14-7-5-4-6-8-14/h4-10,12-13,17-19H,11H2,1-3H3. The van der Waals surface area contributed by atoms with Gasteiger partial charge in [0.1, 0.15) is 4.21 Å². The molecule has 3 atom stereocenters. The van der Waals surface area contributed by atoms with Crippen LogP contribution in [0.25, 0.3) is 0 Å². The van der Waals surface area contributed by atoms with Crippen LogP contribution in [0.2, 0.25) is 0 Å². The zero-order valence-corrected chi connectivity index (χ0v) is 15.7. The summed E-state index contributed by atoms with van der Waals surface area (Å²) in [6.45, 7) is 4.65. The lowest BCUT2D eigenvalue weighted by molar-refractivity contribution is 0.468. The van der Waals surface area contributed by atoms with Gasteiger partial charge >= 0.3 is 0 Å². The van der Waals surface area contributed by atoms with Crippen LogP contribution in [0.5, 0.6) is 0 Å². The van der Waals surface area contributed by atoms with Crippen molar-refractivity contribution >= 4 is 21.4 Å². The highest BCUT2D eigenvalue weighted by molar-refractivity contribution is 7.91. The van der Waals surface area contributed by atoms with Crippen LogP contribution in [0.4, 0.5) is 0 Å². The number of benzene rings is 1. The summed E-state index contributed by atoms with van der Waals surface area (Å²) < 4.78 is 27.4. The first-order chi connectivity index (χ1) is 11.4. The molecular weight excluding hydrogens is 342 g/mol. The first-order valence-electron chi connectivity index (χ1n) is 8.00. The van der Waals surface area contributed by atoms with E-state index < -0.39 is 10.0 Å². The molecular formula is C17H23N3O2S2. The van der Waals surface area contributed by atoms with E-state index in [1.54, 1.807) is 13.1 Å². The van der Waals surface area contributed by atoms with E-state index in [1.165, 1.54) is 15.6 Å². The highest BCUT2D eigenvalue weighted by atomic mass is 32.2. The van der Waals surface area contributed by atoms with E-state index in [1.807, 2.05) is 36.4 Å². The fourth-order valence-electron chi connectivity index (χ4n) is 2.82. The summed E-state index contributed by atoms with van der Waals surface area (Å²) in [5.41, 5.74) is 7.45. The Bertz CT molecular complexity index is 789. The summed E-state index contributed by atoms with van der Waals surface area (Å²) in [4.78, 5) is 1.05. The van der Waals surface area contributed by atoms with Crippen LogP contribution >= 0.6 is 11.3 Å². The Hall–Kier alpha value is -1.25. The lowest BCUT2D eigenvalue weighted by Crippen LogP contribution is -2.28. The maximum absolute atomic E-state index is 12.8. The number of nitrogens with zero attached hydrogens (tertiary/aromatic N) is 1. The van der Waals surface area contributed by atoms with Crippen LogP contribution in [0.3, 0.4) is 0 Å². The Balaban J connectivity index is 1.78. The summed E-state index contributed by atoms with van der Waals surface area (Å²) in [5, 5.41) is 0. The maximum atomic E-state index is 12.8. The zero-order chi connectivity index (χ0) is 17.3. The molecule has 1 aliphatic rings. The highest BCUT2D eigenvalue weighted by Crippen LogP contribution is 2.35. The molecule has 24 heavy (non-hydrogen) atoms. The second-order valence-corrected chi connectivity index (χ2v) is 9.70. The molecule has 7 heteroatoms. The number of hydrogen-bond acceptors (Lipinski definition) is 5. The lowest BCUT2D eigenvalue weighted by atomic mass is 9.97. The Morgan fingerprint density at radius 1 is 1.08 bits per heavy atom. The van der Waals surface area contributed by atoms with Crippen molar-refractivity contribution in [2.45, 2.75) is 36.7 Å². The molecule has 0 amide bonds. The van der Waals surface area contributed by atoms with Gasteiger partial charge in [-0.1, -0.05) is 37.3 Å². The predicted octanol–water partition coefficient (Wildman–Crippen LogP) is 2.74. The number of rotatable bonds is 5. The van der Waals surface area contributed by atoms with Crippen molar-refractivity contribution in [1.29, 1.82) is 0 Å². The second-order valence-electron chi connectivity index (χ2n) is 6.32. The molecule has 0 aliphatic carbocycles. The number of hydrazine groups is 1. The summed E-state index contributed by atoms with van der Waals surface area (Å²) in [5.74, 6) is 0.404. The number of hydrogen-bond donors (Lipinski definition) is 2. The fraction of sp³-hybridized carbons (Fsp3) is 0.412. The molecule has 0 saturated carbocycles. The number of thiophene rings is 1. The molecule has 3 unspecified atom stereocenters. The molecule has 3 rings (SSSR count). The van der Waals surface area contributed by atoms with E-state index in [0.29, 0.717) is 22.7 Å². The summed E-state index contributed by atoms with van der Waals surface area (Å²) in [6, 6.07) is 13.8. The van der Waals surface area contributed by atoms with Gasteiger partial charge in [-0.2, -0.15) is 4.31 Å². The van der Waals surface area contributed by atoms with Crippen molar-refractivity contribution in [1.82, 2.24) is 15.2 Å². The number of nitrogens with one attached hydrogen (secondary N) is 2. The molecule has 2 N–H and O–H groups in total. The van der Waals surface area contributed by atoms with Crippen LogP contribution in [-0.4, -0.2) is 25.8 Å². The Labute approximate surface area is 147 Å². The van der Waals surface area contributed by atoms with Gasteiger partial charge in [-0.3, -0.25) is 5.43 Å². The van der Waals surface area contributed by atoms with Gasteiger partial charge in [-0.15, -0.1) is 11.3 Å². The third kappa shape index (κ3) is 3.41. The Morgan fingerprint density at radius 2 is 1.79 bits per heavy atom. The van der Waals surface area contributed by atoms with Gasteiger partial charge in [0.05, 0.1) is 6.04 Å². The summed E-state index contributed by atoms with van der Waals surface area (Å²) in [6.07, 6.45) is 0. The van der Waals surface area contributed by atoms with E-state index in [9.17, 15) is 8.42 Å². The molecule has 1 saturated heterocycles. The first-order valence-corrected chi connectivity index (χ1v) is 10.3. The fourth-order valence-corrected chi connectivity index (χ4v) is 5.69. The van der Waals surface area contributed by atoms with Gasteiger partial charge in [0.15, 0.2) is 0 Å². The van der Waals surface area contributed by atoms with E-state index in [2.05, 4.69) is 24.7 Å². The molecule has 0 radical (unpaired) electrons. The monoisotopic (exact) mass is 365 g/mol. The van der Waals surface area contributed by atoms with Crippen molar-refractivity contribution in [2.75, 3.05) is 7.05 Å². The minimum atomic E-state index is -3.47. The molecule has 1 fully saturated rings. The SMILES string of the molecule is CC1NNC(c2ccc(S(=O)(=O)N(C)Cc3ccccc3)s2)C1C. The van der Waals surface area contributed by atoms with E-state index in [0.717, 1.165) is 10.4 Å². The minimum Gasteiger partial charge on any atom is -0.254 e. The molecule has 5 nitrogen and oxygen atoms in total. The highest BCUT2D eigenvalue weighted by Gasteiger charge is 2.32. The molecule has 1 aromatic carbocycles. The van der Waals surface area contributed by atoms with E-state index in [4.69, 9.17) is 0 Å². The van der Waals surface area contributed by atoms with Crippen LogP contribution in [-0.2, 0) is 16.6 Å². The van der Waals surface area contributed by atoms with Gasteiger partial charge < -0.3 is 0 Å². The van der Waals surface area contributed by atoms with Crippen LogP contribution in [0, 0.1) is 5.92 Å². The zero-order valence-electron chi connectivity index (χ0n) is 14.1. The first kappa shape index (κ1) is 17.6. The average molecular weight is 366 g/mol. The molecule has 2 aromatic rings. The third-order valence-corrected chi connectivity index (χ3v) is 8.04. The maximum Gasteiger partial charge on any atom is 0.252 e. The van der Waals surface area contributed by atoms with Gasteiger partial charge in [0.25, 0.3) is 10.0 Å². The largest absolute Gasteiger partial charge is 0.254 e. The van der Waals surface area contributed by atoms with E-state index >= 15 is 0 Å². The van der Waals surface area contributed by atoms with Gasteiger partial charge in [-0.25, -0.2) is 13.8 Å². The molecule has 1 aromatic heterocycles. The second kappa shape index (κ2) is 6.93. The van der Waals surface area contributed by atoms with Crippen molar-refractivity contribution < 1.29 is 8.42 Å². The normalized spacial score (nSPS) is 24.6. The molecule has 130 valence electrons. The number of sulfonamides is 1. The lowest BCUT2D eigenvalue weighted by Gasteiger charge is -2.16. The molecule has 0 bridgehead atoms. The third-order valence-electron chi connectivity index (χ3n) is 4.60. The van der Waals surface area contributed by atoms with Crippen LogP contribution < -0.4 is 10.9 Å². The molecule has 0 spiro atoms. The molecule has 2 heterocycles. The minimum absolute atomic E-state index is 0.147. The topological polar surface area (TPSA) is 61.4 Å². The van der Waals surface area contributed by atoms with Gasteiger partial charge in [-0.05, 0) is 30.5 Å². The Morgan fingerprint density at radius 3 is 2.42 bits per heavy atom. The quantitative estimate of drug-likeness (QED) is 0.855. The summed E-state index contributed by atoms with van der Waals surface area (Å²) in [7, 11) is -1.85. The van der Waals surface area contributed by atoms with Crippen LogP contribution in [0.1, 0.15) is 30.3 Å². The van der Waals surface area contributed by atoms with Gasteiger partial charge in [0, 0.05) is 24.5 Å². The van der Waals surface area contributed by atoms with Crippen molar-refractivity contribution in [3.05, 3.63) is 52.9 Å². The van der Waals surface area contributed by atoms with Crippen LogP contribution in [0.15, 0.2) is 46.7 Å². The van der Waals surface area contributed by atoms with E-state index in [-0.39, 0.29) is 6.04 Å². The van der Waals surface area contributed by atoms with Crippen molar-refractivity contribution in [3.8, 4) is 0 Å². The van der Waals surface area contributed by atoms with Gasteiger partial charge in [0.2, 0.25) is 0 Å². The van der Waals surface area contributed by atoms with Crippen molar-refractivity contribution in [2.24, 2.45) is 5.92 Å². The Kier molecular flexibility index (Phi) is 5.08. The molecule has 1 aliphatic heterocycles. The smallest absolute Gasteiger partial charge is 0.252 e. The van der Waals surface area contributed by atoms with Crippen molar-refractivity contribution in [3.63, 3.8) is 0 Å². The summed E-state index contributed by atoms with van der Waals surface area (Å²) >= 11 is 1.35.